The van der Waals surface area contributed by atoms with Crippen LogP contribution in [0, 0.1) is 13.8 Å². The Morgan fingerprint density at radius 2 is 1.75 bits per heavy atom. The highest BCUT2D eigenvalue weighted by molar-refractivity contribution is 7.99. The molecule has 4 rings (SSSR count). The molecule has 0 aliphatic carbocycles. The molecule has 2 aromatic carbocycles. The molecule has 32 heavy (non-hydrogen) atoms. The quantitative estimate of drug-likeness (QED) is 0.324. The molecule has 8 nitrogen and oxygen atoms in total. The van der Waals surface area contributed by atoms with Crippen LogP contribution < -0.4 is 5.14 Å². The summed E-state index contributed by atoms with van der Waals surface area (Å²) in [7, 11) is -3.77. The van der Waals surface area contributed by atoms with Crippen LogP contribution in [-0.4, -0.2) is 34.7 Å². The van der Waals surface area contributed by atoms with Gasteiger partial charge in [-0.1, -0.05) is 30.0 Å². The second-order valence-corrected chi connectivity index (χ2v) is 9.60. The summed E-state index contributed by atoms with van der Waals surface area (Å²) in [4.78, 5) is 12.9. The molecule has 2 heterocycles. The summed E-state index contributed by atoms with van der Waals surface area (Å²) in [5, 5.41) is 13.5. The van der Waals surface area contributed by atoms with Gasteiger partial charge in [0.25, 0.3) is 5.22 Å². The summed E-state index contributed by atoms with van der Waals surface area (Å²) in [6.45, 7) is 3.73. The van der Waals surface area contributed by atoms with Gasteiger partial charge in [-0.3, -0.25) is 4.79 Å². The molecule has 2 N–H and O–H groups in total. The first-order chi connectivity index (χ1) is 15.2. The van der Waals surface area contributed by atoms with Gasteiger partial charge in [0.05, 0.1) is 10.6 Å². The summed E-state index contributed by atoms with van der Waals surface area (Å²) >= 11 is 1.18. The Labute approximate surface area is 189 Å². The van der Waals surface area contributed by atoms with Gasteiger partial charge < -0.3 is 8.98 Å². The van der Waals surface area contributed by atoms with E-state index in [0.717, 1.165) is 22.6 Å². The van der Waals surface area contributed by atoms with Crippen LogP contribution in [0.2, 0.25) is 0 Å². The van der Waals surface area contributed by atoms with Crippen LogP contribution in [0.4, 0.5) is 0 Å². The van der Waals surface area contributed by atoms with Crippen LogP contribution in [0.5, 0.6) is 0 Å². The molecule has 2 aromatic heterocycles. The number of ketones is 1. The first kappa shape index (κ1) is 22.0. The summed E-state index contributed by atoms with van der Waals surface area (Å²) in [6, 6.07) is 17.4. The Bertz CT molecular complexity index is 1380. The van der Waals surface area contributed by atoms with Gasteiger partial charge in [-0.05, 0) is 56.3 Å². The van der Waals surface area contributed by atoms with E-state index in [2.05, 4.69) is 10.2 Å². The maximum Gasteiger partial charge on any atom is 0.277 e. The SMILES string of the molecule is Cc1cc(C(=O)CSc2nnc(-c3ccccc3)o2)c(C)n1-c1ccc(S(N)(=O)=O)cc1. The average Bonchev–Trinajstić information content (AvgIpc) is 3.36. The molecule has 4 aromatic rings. The van der Waals surface area contributed by atoms with E-state index < -0.39 is 10.0 Å². The van der Waals surface area contributed by atoms with Crippen molar-refractivity contribution in [3.63, 3.8) is 0 Å². The number of Topliss-reactive ketones (excluding diaryl/α,β-unsaturated/α-hetero) is 1. The molecule has 0 aliphatic heterocycles. The topological polar surface area (TPSA) is 121 Å². The van der Waals surface area contributed by atoms with E-state index in [-0.39, 0.29) is 16.4 Å². The largest absolute Gasteiger partial charge is 0.411 e. The molecular formula is C22H20N4O4S2. The molecule has 164 valence electrons. The molecule has 0 atom stereocenters. The number of hydrogen-bond donors (Lipinski definition) is 1. The first-order valence-electron chi connectivity index (χ1n) is 9.61. The van der Waals surface area contributed by atoms with Gasteiger partial charge in [0.1, 0.15) is 0 Å². The van der Waals surface area contributed by atoms with E-state index in [0.29, 0.717) is 16.7 Å². The lowest BCUT2D eigenvalue weighted by Gasteiger charge is -2.10. The Hall–Kier alpha value is -3.21. The number of benzene rings is 2. The number of nitrogens with two attached hydrogens (primary N) is 1. The number of hydrogen-bond acceptors (Lipinski definition) is 7. The summed E-state index contributed by atoms with van der Waals surface area (Å²) < 4.78 is 30.5. The van der Waals surface area contributed by atoms with Gasteiger partial charge in [-0.2, -0.15) is 0 Å². The monoisotopic (exact) mass is 468 g/mol. The zero-order chi connectivity index (χ0) is 22.9. The second-order valence-electron chi connectivity index (χ2n) is 7.11. The number of aryl methyl sites for hydroxylation is 1. The summed E-state index contributed by atoms with van der Waals surface area (Å²) in [6.07, 6.45) is 0. The van der Waals surface area contributed by atoms with Gasteiger partial charge in [0.15, 0.2) is 5.78 Å². The standard InChI is InChI=1S/C22H20N4O4S2/c1-14-12-19(15(2)26(14)17-8-10-18(11-9-17)32(23,28)29)20(27)13-31-22-25-24-21(30-22)16-6-4-3-5-7-16/h3-12H,13H2,1-2H3,(H2,23,28,29). The predicted molar refractivity (Wildman–Crippen MR) is 121 cm³/mol. The minimum atomic E-state index is -3.77. The molecule has 0 radical (unpaired) electrons. The Morgan fingerprint density at radius 1 is 1.06 bits per heavy atom. The molecule has 0 fully saturated rings. The number of carbonyl (C=O) groups excluding carboxylic acids is 1. The number of rotatable bonds is 7. The van der Waals surface area contributed by atoms with Crippen LogP contribution in [0.1, 0.15) is 21.7 Å². The lowest BCUT2D eigenvalue weighted by Crippen LogP contribution is -2.12. The zero-order valence-corrected chi connectivity index (χ0v) is 19.0. The van der Waals surface area contributed by atoms with Gasteiger partial charge in [0.2, 0.25) is 15.9 Å². The second kappa shape index (κ2) is 8.73. The van der Waals surface area contributed by atoms with Crippen molar-refractivity contribution in [3.05, 3.63) is 77.6 Å². The third-order valence-corrected chi connectivity index (χ3v) is 6.66. The minimum absolute atomic E-state index is 0.0332. The van der Waals surface area contributed by atoms with E-state index >= 15 is 0 Å². The lowest BCUT2D eigenvalue weighted by atomic mass is 10.2. The molecule has 0 unspecified atom stereocenters. The van der Waals surface area contributed by atoms with Crippen LogP contribution in [0.3, 0.4) is 0 Å². The average molecular weight is 469 g/mol. The van der Waals surface area contributed by atoms with Crippen LogP contribution in [-0.2, 0) is 10.0 Å². The fourth-order valence-corrected chi connectivity index (χ4v) is 4.56. The number of primary sulfonamides is 1. The van der Waals surface area contributed by atoms with E-state index in [9.17, 15) is 13.2 Å². The third kappa shape index (κ3) is 4.52. The van der Waals surface area contributed by atoms with E-state index in [1.54, 1.807) is 12.1 Å². The fourth-order valence-electron chi connectivity index (χ4n) is 3.40. The minimum Gasteiger partial charge on any atom is -0.411 e. The van der Waals surface area contributed by atoms with E-state index in [1.807, 2.05) is 54.8 Å². The van der Waals surface area contributed by atoms with E-state index in [1.165, 1.54) is 23.9 Å². The molecule has 0 aliphatic rings. The highest BCUT2D eigenvalue weighted by atomic mass is 32.2. The van der Waals surface area contributed by atoms with Crippen molar-refractivity contribution >= 4 is 27.6 Å². The van der Waals surface area contributed by atoms with Crippen molar-refractivity contribution in [1.29, 1.82) is 0 Å². The lowest BCUT2D eigenvalue weighted by molar-refractivity contribution is 0.102. The molecule has 0 bridgehead atoms. The Morgan fingerprint density at radius 3 is 2.41 bits per heavy atom. The van der Waals surface area contributed by atoms with Crippen molar-refractivity contribution in [2.75, 3.05) is 5.75 Å². The molecule has 0 saturated carbocycles. The third-order valence-electron chi connectivity index (χ3n) is 4.91. The van der Waals surface area contributed by atoms with Gasteiger partial charge in [-0.15, -0.1) is 10.2 Å². The van der Waals surface area contributed by atoms with Gasteiger partial charge in [-0.25, -0.2) is 13.6 Å². The smallest absolute Gasteiger partial charge is 0.277 e. The summed E-state index contributed by atoms with van der Waals surface area (Å²) in [5.41, 5.74) is 3.74. The van der Waals surface area contributed by atoms with Crippen molar-refractivity contribution < 1.29 is 17.6 Å². The molecular weight excluding hydrogens is 448 g/mol. The highest BCUT2D eigenvalue weighted by Gasteiger charge is 2.19. The highest BCUT2D eigenvalue weighted by Crippen LogP contribution is 2.26. The number of carbonyl (C=O) groups is 1. The van der Waals surface area contributed by atoms with Crippen LogP contribution >= 0.6 is 11.8 Å². The molecule has 10 heteroatoms. The molecule has 0 saturated heterocycles. The summed E-state index contributed by atoms with van der Waals surface area (Å²) in [5.74, 6) is 0.474. The fraction of sp³-hybridized carbons (Fsp3) is 0.136. The van der Waals surface area contributed by atoms with Crippen LogP contribution in [0.25, 0.3) is 17.1 Å². The number of sulfonamides is 1. The normalized spacial score (nSPS) is 11.6. The van der Waals surface area contributed by atoms with Gasteiger partial charge in [0, 0.05) is 28.2 Å². The van der Waals surface area contributed by atoms with Crippen LogP contribution in [0.15, 0.2) is 75.2 Å². The van der Waals surface area contributed by atoms with E-state index in [4.69, 9.17) is 9.56 Å². The molecule has 0 amide bonds. The van der Waals surface area contributed by atoms with Gasteiger partial charge >= 0.3 is 0 Å². The maximum absolute atomic E-state index is 12.9. The van der Waals surface area contributed by atoms with Crippen molar-refractivity contribution in [3.8, 4) is 17.1 Å². The number of aromatic nitrogens is 3. The predicted octanol–water partition coefficient (Wildman–Crippen LogP) is 3.77. The van der Waals surface area contributed by atoms with Crippen molar-refractivity contribution in [1.82, 2.24) is 14.8 Å². The Balaban J connectivity index is 1.50. The maximum atomic E-state index is 12.9. The van der Waals surface area contributed by atoms with Crippen molar-refractivity contribution in [2.45, 2.75) is 24.0 Å². The van der Waals surface area contributed by atoms with Crippen molar-refractivity contribution in [2.24, 2.45) is 5.14 Å². The number of thioether (sulfide) groups is 1. The molecule has 0 spiro atoms. The number of nitrogens with zero attached hydrogens (tertiary/aromatic N) is 3. The first-order valence-corrected chi connectivity index (χ1v) is 12.1. The zero-order valence-electron chi connectivity index (χ0n) is 17.3. The Kier molecular flexibility index (Phi) is 6.00.